The molecule has 2 aliphatic heterocycles. The van der Waals surface area contributed by atoms with Crippen LogP contribution in [0.5, 0.6) is 11.5 Å². The van der Waals surface area contributed by atoms with Crippen LogP contribution in [0.1, 0.15) is 22.3 Å². The van der Waals surface area contributed by atoms with Crippen molar-refractivity contribution < 1.29 is 19.2 Å². The zero-order valence-electron chi connectivity index (χ0n) is 14.6. The molecule has 0 radical (unpaired) electrons. The molecule has 2 aliphatic rings. The number of rotatable bonds is 5. The summed E-state index contributed by atoms with van der Waals surface area (Å²) in [7, 11) is 0. The minimum atomic E-state index is -0.576. The zero-order chi connectivity index (χ0) is 18.8. The third-order valence-corrected chi connectivity index (χ3v) is 4.79. The average Bonchev–Trinajstić information content (AvgIpc) is 3.30. The Morgan fingerprint density at radius 3 is 2.70 bits per heavy atom. The van der Waals surface area contributed by atoms with Crippen LogP contribution in [-0.2, 0) is 6.54 Å². The van der Waals surface area contributed by atoms with Crippen molar-refractivity contribution in [3.8, 4) is 11.5 Å². The van der Waals surface area contributed by atoms with Gasteiger partial charge in [0.05, 0.1) is 11.0 Å². The molecule has 2 aromatic rings. The largest absolute Gasteiger partial charge is 0.454 e. The maximum Gasteiger partial charge on any atom is 0.286 e. The van der Waals surface area contributed by atoms with E-state index in [1.807, 2.05) is 18.2 Å². The third-order valence-electron chi connectivity index (χ3n) is 4.79. The van der Waals surface area contributed by atoms with Crippen molar-refractivity contribution in [3.63, 3.8) is 0 Å². The lowest BCUT2D eigenvalue weighted by atomic mass is 10.1. The summed E-state index contributed by atoms with van der Waals surface area (Å²) in [5.41, 5.74) is 0.928. The molecule has 1 fully saturated rings. The minimum absolute atomic E-state index is 0.00533. The summed E-state index contributed by atoms with van der Waals surface area (Å²) in [6.07, 6.45) is 0.803. The lowest BCUT2D eigenvalue weighted by molar-refractivity contribution is -0.385. The van der Waals surface area contributed by atoms with Crippen LogP contribution in [0.2, 0.25) is 0 Å². The molecule has 27 heavy (non-hydrogen) atoms. The highest BCUT2D eigenvalue weighted by Gasteiger charge is 2.30. The van der Waals surface area contributed by atoms with Crippen molar-refractivity contribution in [3.05, 3.63) is 63.7 Å². The molecular formula is C19H19N3O5. The van der Waals surface area contributed by atoms with Crippen molar-refractivity contribution in [1.82, 2.24) is 10.2 Å². The fourth-order valence-electron chi connectivity index (χ4n) is 3.46. The molecule has 1 atom stereocenters. The van der Waals surface area contributed by atoms with Crippen LogP contribution in [0.4, 0.5) is 5.69 Å². The number of ether oxygens (including phenoxy) is 2. The second-order valence-corrected chi connectivity index (χ2v) is 6.66. The second kappa shape index (κ2) is 7.24. The second-order valence-electron chi connectivity index (χ2n) is 6.66. The standard InChI is InChI=1S/C19H19N3O5/c23-19(15-8-17-18(27-12-26-17)9-16(15)22(24)25)20-14-6-7-21(11-14)10-13-4-2-1-3-5-13/h1-5,8-9,14H,6-7,10-12H2,(H,20,23)/t14-/m0/s1. The van der Waals surface area contributed by atoms with E-state index < -0.39 is 10.8 Å². The van der Waals surface area contributed by atoms with Crippen LogP contribution in [0.3, 0.4) is 0 Å². The van der Waals surface area contributed by atoms with Gasteiger partial charge in [-0.25, -0.2) is 0 Å². The fraction of sp³-hybridized carbons (Fsp3) is 0.316. The highest BCUT2D eigenvalue weighted by Crippen LogP contribution is 2.38. The van der Waals surface area contributed by atoms with E-state index in [-0.39, 0.29) is 29.8 Å². The van der Waals surface area contributed by atoms with Crippen LogP contribution in [0.25, 0.3) is 0 Å². The zero-order valence-corrected chi connectivity index (χ0v) is 14.6. The molecule has 4 rings (SSSR count). The highest BCUT2D eigenvalue weighted by molar-refractivity contribution is 5.99. The number of fused-ring (bicyclic) bond motifs is 1. The first-order valence-corrected chi connectivity index (χ1v) is 8.75. The number of hydrogen-bond acceptors (Lipinski definition) is 6. The Morgan fingerprint density at radius 1 is 1.22 bits per heavy atom. The van der Waals surface area contributed by atoms with Gasteiger partial charge in [-0.2, -0.15) is 0 Å². The number of nitro benzene ring substituents is 1. The molecule has 2 heterocycles. The van der Waals surface area contributed by atoms with Crippen molar-refractivity contribution in [1.29, 1.82) is 0 Å². The normalized spacial score (nSPS) is 18.4. The first kappa shape index (κ1) is 17.3. The Kier molecular flexibility index (Phi) is 4.64. The molecule has 0 aromatic heterocycles. The lowest BCUT2D eigenvalue weighted by Gasteiger charge is -2.17. The van der Waals surface area contributed by atoms with E-state index in [2.05, 4.69) is 22.3 Å². The number of carbonyl (C=O) groups excluding carboxylic acids is 1. The van der Waals surface area contributed by atoms with Gasteiger partial charge in [-0.05, 0) is 12.0 Å². The Balaban J connectivity index is 1.43. The van der Waals surface area contributed by atoms with Gasteiger partial charge in [0.1, 0.15) is 5.56 Å². The first-order chi connectivity index (χ1) is 13.1. The van der Waals surface area contributed by atoms with Gasteiger partial charge in [0, 0.05) is 31.7 Å². The molecule has 1 saturated heterocycles. The fourth-order valence-corrected chi connectivity index (χ4v) is 3.46. The lowest BCUT2D eigenvalue weighted by Crippen LogP contribution is -2.37. The number of amides is 1. The van der Waals surface area contributed by atoms with E-state index >= 15 is 0 Å². The molecule has 8 nitrogen and oxygen atoms in total. The molecular weight excluding hydrogens is 350 g/mol. The summed E-state index contributed by atoms with van der Waals surface area (Å²) in [4.78, 5) is 25.7. The molecule has 0 spiro atoms. The number of carbonyl (C=O) groups is 1. The highest BCUT2D eigenvalue weighted by atomic mass is 16.7. The van der Waals surface area contributed by atoms with E-state index in [1.54, 1.807) is 0 Å². The molecule has 0 saturated carbocycles. The molecule has 8 heteroatoms. The van der Waals surface area contributed by atoms with Crippen LogP contribution >= 0.6 is 0 Å². The molecule has 0 unspecified atom stereocenters. The Labute approximate surface area is 155 Å². The van der Waals surface area contributed by atoms with E-state index in [4.69, 9.17) is 9.47 Å². The van der Waals surface area contributed by atoms with Crippen molar-refractivity contribution >= 4 is 11.6 Å². The smallest absolute Gasteiger partial charge is 0.286 e. The van der Waals surface area contributed by atoms with Gasteiger partial charge >= 0.3 is 0 Å². The Morgan fingerprint density at radius 2 is 1.96 bits per heavy atom. The van der Waals surface area contributed by atoms with E-state index in [0.717, 1.165) is 19.5 Å². The first-order valence-electron chi connectivity index (χ1n) is 8.75. The number of nitro groups is 1. The number of likely N-dealkylation sites (tertiary alicyclic amines) is 1. The number of hydrogen-bond donors (Lipinski definition) is 1. The SMILES string of the molecule is O=C(N[C@H]1CCN(Cc2ccccc2)C1)c1cc2c(cc1[N+](=O)[O-])OCO2. The van der Waals surface area contributed by atoms with Gasteiger partial charge in [0.2, 0.25) is 6.79 Å². The molecule has 0 bridgehead atoms. The predicted molar refractivity (Wildman–Crippen MR) is 96.8 cm³/mol. The Hall–Kier alpha value is -3.13. The monoisotopic (exact) mass is 369 g/mol. The number of benzene rings is 2. The topological polar surface area (TPSA) is 93.9 Å². The maximum absolute atomic E-state index is 12.7. The van der Waals surface area contributed by atoms with Crippen LogP contribution in [-0.4, -0.2) is 41.7 Å². The van der Waals surface area contributed by atoms with Crippen molar-refractivity contribution in [2.45, 2.75) is 19.0 Å². The molecule has 0 aliphatic carbocycles. The summed E-state index contributed by atoms with van der Waals surface area (Å²) < 4.78 is 10.4. The van der Waals surface area contributed by atoms with Gasteiger partial charge in [-0.15, -0.1) is 0 Å². The van der Waals surface area contributed by atoms with Crippen molar-refractivity contribution in [2.75, 3.05) is 19.9 Å². The van der Waals surface area contributed by atoms with E-state index in [1.165, 1.54) is 17.7 Å². The van der Waals surface area contributed by atoms with E-state index in [9.17, 15) is 14.9 Å². The molecule has 1 N–H and O–H groups in total. The van der Waals surface area contributed by atoms with Crippen molar-refractivity contribution in [2.24, 2.45) is 0 Å². The average molecular weight is 369 g/mol. The van der Waals surface area contributed by atoms with Gasteiger partial charge in [-0.1, -0.05) is 30.3 Å². The maximum atomic E-state index is 12.7. The van der Waals surface area contributed by atoms with Crippen LogP contribution < -0.4 is 14.8 Å². The molecule has 140 valence electrons. The minimum Gasteiger partial charge on any atom is -0.454 e. The quantitative estimate of drug-likeness (QED) is 0.642. The summed E-state index contributed by atoms with van der Waals surface area (Å²) in [6.45, 7) is 2.38. The molecule has 2 aromatic carbocycles. The molecule has 1 amide bonds. The number of nitrogens with zero attached hydrogens (tertiary/aromatic N) is 2. The predicted octanol–water partition coefficient (Wildman–Crippen LogP) is 2.33. The van der Waals surface area contributed by atoms with Gasteiger partial charge in [0.25, 0.3) is 11.6 Å². The summed E-state index contributed by atoms with van der Waals surface area (Å²) >= 11 is 0. The van der Waals surface area contributed by atoms with Crippen LogP contribution in [0.15, 0.2) is 42.5 Å². The Bertz CT molecular complexity index is 871. The third kappa shape index (κ3) is 3.70. The van der Waals surface area contributed by atoms with Gasteiger partial charge < -0.3 is 14.8 Å². The summed E-state index contributed by atoms with van der Waals surface area (Å²) in [6, 6.07) is 12.7. The van der Waals surface area contributed by atoms with Crippen LogP contribution in [0, 0.1) is 10.1 Å². The van der Waals surface area contributed by atoms with Gasteiger partial charge in [0.15, 0.2) is 11.5 Å². The summed E-state index contributed by atoms with van der Waals surface area (Å²) in [5, 5.41) is 14.3. The van der Waals surface area contributed by atoms with Gasteiger partial charge in [-0.3, -0.25) is 19.8 Å². The summed E-state index contributed by atoms with van der Waals surface area (Å²) in [5.74, 6) is 0.169. The van der Waals surface area contributed by atoms with E-state index in [0.29, 0.717) is 12.3 Å². The number of nitrogens with one attached hydrogen (secondary N) is 1.